The largest absolute Gasteiger partial charge is 0.493 e. The first-order chi connectivity index (χ1) is 9.76. The summed E-state index contributed by atoms with van der Waals surface area (Å²) in [5, 5.41) is 11.1. The molecule has 0 fully saturated rings. The number of nitrogens with one attached hydrogen (secondary N) is 1. The summed E-state index contributed by atoms with van der Waals surface area (Å²) in [5.41, 5.74) is 1.03. The number of methoxy groups -OCH3 is 2. The lowest BCUT2D eigenvalue weighted by Crippen LogP contribution is -2.10. The molecule has 1 aromatic carbocycles. The number of rotatable bonds is 7. The van der Waals surface area contributed by atoms with Crippen molar-refractivity contribution in [1.29, 1.82) is 0 Å². The molecule has 6 heteroatoms. The van der Waals surface area contributed by atoms with Crippen LogP contribution in [0.25, 0.3) is 0 Å². The van der Waals surface area contributed by atoms with Gasteiger partial charge in [-0.25, -0.2) is 0 Å². The lowest BCUT2D eigenvalue weighted by molar-refractivity contribution is 0.354. The van der Waals surface area contributed by atoms with Crippen molar-refractivity contribution >= 4 is 0 Å². The summed E-state index contributed by atoms with van der Waals surface area (Å²) in [6.45, 7) is 0.817. The Morgan fingerprint density at radius 1 is 1.10 bits per heavy atom. The van der Waals surface area contributed by atoms with E-state index in [1.54, 1.807) is 14.2 Å². The van der Waals surface area contributed by atoms with Gasteiger partial charge in [0.25, 0.3) is 0 Å². The van der Waals surface area contributed by atoms with Crippen LogP contribution in [-0.2, 0) is 12.8 Å². The van der Waals surface area contributed by atoms with Crippen LogP contribution in [0, 0.1) is 0 Å². The third kappa shape index (κ3) is 3.48. The van der Waals surface area contributed by atoms with Gasteiger partial charge in [0.15, 0.2) is 11.5 Å². The molecule has 0 saturated carbocycles. The first-order valence-corrected chi connectivity index (χ1v) is 6.43. The first kappa shape index (κ1) is 14.3. The molecule has 0 aliphatic rings. The van der Waals surface area contributed by atoms with Crippen molar-refractivity contribution in [2.75, 3.05) is 27.8 Å². The van der Waals surface area contributed by atoms with Gasteiger partial charge in [-0.15, -0.1) is 10.2 Å². The van der Waals surface area contributed by atoms with Gasteiger partial charge in [-0.3, -0.25) is 0 Å². The highest BCUT2D eigenvalue weighted by Gasteiger charge is 2.09. The number of nitrogens with zero attached hydrogens (tertiary/aromatic N) is 2. The molecule has 0 unspecified atom stereocenters. The summed E-state index contributed by atoms with van der Waals surface area (Å²) in [6, 6.07) is 5.74. The zero-order chi connectivity index (χ0) is 14.4. The molecule has 20 heavy (non-hydrogen) atoms. The molecule has 0 spiro atoms. The number of hydrogen-bond acceptors (Lipinski definition) is 6. The van der Waals surface area contributed by atoms with E-state index in [0.717, 1.165) is 18.5 Å². The maximum atomic E-state index is 5.59. The average Bonchev–Trinajstić information content (AvgIpc) is 2.92. The van der Waals surface area contributed by atoms with E-state index in [1.807, 2.05) is 25.2 Å². The van der Waals surface area contributed by atoms with E-state index in [2.05, 4.69) is 15.5 Å². The summed E-state index contributed by atoms with van der Waals surface area (Å²) >= 11 is 0. The highest BCUT2D eigenvalue weighted by Crippen LogP contribution is 2.28. The van der Waals surface area contributed by atoms with Crippen LogP contribution in [0.1, 0.15) is 17.3 Å². The predicted molar refractivity (Wildman–Crippen MR) is 74.3 cm³/mol. The molecule has 0 aliphatic heterocycles. The Morgan fingerprint density at radius 3 is 2.55 bits per heavy atom. The number of ether oxygens (including phenoxy) is 2. The Kier molecular flexibility index (Phi) is 4.95. The molecule has 0 atom stereocenters. The molecule has 0 aliphatic carbocycles. The van der Waals surface area contributed by atoms with Gasteiger partial charge < -0.3 is 19.2 Å². The van der Waals surface area contributed by atoms with Crippen molar-refractivity contribution in [2.24, 2.45) is 0 Å². The van der Waals surface area contributed by atoms with Crippen LogP contribution in [0.2, 0.25) is 0 Å². The molecule has 6 nitrogen and oxygen atoms in total. The van der Waals surface area contributed by atoms with Crippen molar-refractivity contribution in [3.63, 3.8) is 0 Å². The molecule has 0 radical (unpaired) electrons. The summed E-state index contributed by atoms with van der Waals surface area (Å²) in [6.07, 6.45) is 1.31. The summed E-state index contributed by atoms with van der Waals surface area (Å²) in [5.74, 6) is 2.65. The zero-order valence-electron chi connectivity index (χ0n) is 12.0. The monoisotopic (exact) mass is 277 g/mol. The minimum Gasteiger partial charge on any atom is -0.493 e. The van der Waals surface area contributed by atoms with Crippen molar-refractivity contribution in [2.45, 2.75) is 12.8 Å². The normalized spacial score (nSPS) is 10.6. The van der Waals surface area contributed by atoms with Crippen LogP contribution in [-0.4, -0.2) is 38.0 Å². The molecule has 0 bridgehead atoms. The molecule has 2 aromatic rings. The Bertz CT molecular complexity index is 554. The molecular weight excluding hydrogens is 258 g/mol. The van der Waals surface area contributed by atoms with Crippen LogP contribution in [0.3, 0.4) is 0 Å². The SMILES string of the molecule is CNCCc1nnc(Cc2ccc(OC)c(OC)c2)o1. The lowest BCUT2D eigenvalue weighted by atomic mass is 10.1. The summed E-state index contributed by atoms with van der Waals surface area (Å²) in [7, 11) is 5.12. The Balaban J connectivity index is 2.07. The maximum absolute atomic E-state index is 5.59. The van der Waals surface area contributed by atoms with Gasteiger partial charge in [-0.2, -0.15) is 0 Å². The van der Waals surface area contributed by atoms with Gasteiger partial charge in [0.05, 0.1) is 20.6 Å². The number of hydrogen-bond donors (Lipinski definition) is 1. The topological polar surface area (TPSA) is 69.4 Å². The minimum atomic E-state index is 0.576. The van der Waals surface area contributed by atoms with Crippen molar-refractivity contribution in [3.8, 4) is 11.5 Å². The number of aromatic nitrogens is 2. The Hall–Kier alpha value is -2.08. The van der Waals surface area contributed by atoms with E-state index in [-0.39, 0.29) is 0 Å². The zero-order valence-corrected chi connectivity index (χ0v) is 12.0. The standard InChI is InChI=1S/C14H19N3O3/c1-15-7-6-13-16-17-14(20-13)9-10-4-5-11(18-2)12(8-10)19-3/h4-5,8,15H,6-7,9H2,1-3H3. The van der Waals surface area contributed by atoms with Crippen LogP contribution in [0.15, 0.2) is 22.6 Å². The van der Waals surface area contributed by atoms with E-state index >= 15 is 0 Å². The van der Waals surface area contributed by atoms with E-state index in [0.29, 0.717) is 29.7 Å². The molecule has 1 heterocycles. The second-order valence-corrected chi connectivity index (χ2v) is 4.31. The van der Waals surface area contributed by atoms with Gasteiger partial charge in [0.1, 0.15) is 0 Å². The van der Waals surface area contributed by atoms with E-state index in [1.165, 1.54) is 0 Å². The number of benzene rings is 1. The number of likely N-dealkylation sites (N-methyl/N-ethyl adjacent to an activating group) is 1. The summed E-state index contributed by atoms with van der Waals surface area (Å²) in [4.78, 5) is 0. The first-order valence-electron chi connectivity index (χ1n) is 6.43. The van der Waals surface area contributed by atoms with E-state index < -0.39 is 0 Å². The van der Waals surface area contributed by atoms with Gasteiger partial charge in [-0.05, 0) is 24.7 Å². The predicted octanol–water partition coefficient (Wildman–Crippen LogP) is 1.44. The average molecular weight is 277 g/mol. The van der Waals surface area contributed by atoms with Gasteiger partial charge in [-0.1, -0.05) is 6.07 Å². The third-order valence-electron chi connectivity index (χ3n) is 2.90. The van der Waals surface area contributed by atoms with Crippen LogP contribution in [0.4, 0.5) is 0 Å². The fourth-order valence-corrected chi connectivity index (χ4v) is 1.86. The maximum Gasteiger partial charge on any atom is 0.220 e. The van der Waals surface area contributed by atoms with Crippen molar-refractivity contribution in [3.05, 3.63) is 35.5 Å². The highest BCUT2D eigenvalue weighted by atomic mass is 16.5. The fraction of sp³-hybridized carbons (Fsp3) is 0.429. The van der Waals surface area contributed by atoms with E-state index in [9.17, 15) is 0 Å². The minimum absolute atomic E-state index is 0.576. The smallest absolute Gasteiger partial charge is 0.220 e. The molecule has 2 rings (SSSR count). The fourth-order valence-electron chi connectivity index (χ4n) is 1.86. The summed E-state index contributed by atoms with van der Waals surface area (Å²) < 4.78 is 16.1. The van der Waals surface area contributed by atoms with Crippen LogP contribution in [0.5, 0.6) is 11.5 Å². The van der Waals surface area contributed by atoms with Crippen LogP contribution < -0.4 is 14.8 Å². The molecule has 0 saturated heterocycles. The van der Waals surface area contributed by atoms with Gasteiger partial charge in [0, 0.05) is 13.0 Å². The molecule has 0 amide bonds. The quantitative estimate of drug-likeness (QED) is 0.826. The van der Waals surface area contributed by atoms with Crippen molar-refractivity contribution in [1.82, 2.24) is 15.5 Å². The molecule has 1 aromatic heterocycles. The van der Waals surface area contributed by atoms with Gasteiger partial charge in [0.2, 0.25) is 11.8 Å². The third-order valence-corrected chi connectivity index (χ3v) is 2.90. The highest BCUT2D eigenvalue weighted by molar-refractivity contribution is 5.43. The van der Waals surface area contributed by atoms with Crippen LogP contribution >= 0.6 is 0 Å². The lowest BCUT2D eigenvalue weighted by Gasteiger charge is -2.08. The molecule has 108 valence electrons. The second kappa shape index (κ2) is 6.91. The Morgan fingerprint density at radius 2 is 1.85 bits per heavy atom. The molecule has 1 N–H and O–H groups in total. The molecular formula is C14H19N3O3. The Labute approximate surface area is 118 Å². The second-order valence-electron chi connectivity index (χ2n) is 4.31. The van der Waals surface area contributed by atoms with E-state index in [4.69, 9.17) is 13.9 Å². The van der Waals surface area contributed by atoms with Gasteiger partial charge >= 0.3 is 0 Å². The van der Waals surface area contributed by atoms with Crippen molar-refractivity contribution < 1.29 is 13.9 Å².